The number of hydrogen-bond acceptors (Lipinski definition) is 4. The van der Waals surface area contributed by atoms with Crippen molar-refractivity contribution in [1.29, 1.82) is 0 Å². The Labute approximate surface area is 178 Å². The highest BCUT2D eigenvalue weighted by Gasteiger charge is 2.26. The number of nitrogens with zero attached hydrogens (tertiary/aromatic N) is 3. The molecule has 0 radical (unpaired) electrons. The van der Waals surface area contributed by atoms with Crippen molar-refractivity contribution in [2.75, 3.05) is 37.6 Å². The Bertz CT molecular complexity index is 1120. The van der Waals surface area contributed by atoms with Crippen molar-refractivity contribution >= 4 is 54.1 Å². The third kappa shape index (κ3) is 3.45. The number of hydrogen-bond donors (Lipinski definition) is 0. The lowest BCUT2D eigenvalue weighted by atomic mass is 10.2. The Balaban J connectivity index is 1.86. The zero-order valence-corrected chi connectivity index (χ0v) is 18.6. The van der Waals surface area contributed by atoms with Crippen molar-refractivity contribution in [3.8, 4) is 0 Å². The molecule has 0 amide bonds. The fourth-order valence-electron chi connectivity index (χ4n) is 3.67. The predicted octanol–water partition coefficient (Wildman–Crippen LogP) is 4.44. The van der Waals surface area contributed by atoms with Gasteiger partial charge in [0.15, 0.2) is 0 Å². The van der Waals surface area contributed by atoms with Crippen molar-refractivity contribution in [3.05, 3.63) is 58.2 Å². The van der Waals surface area contributed by atoms with Crippen molar-refractivity contribution in [2.45, 2.75) is 11.8 Å². The summed E-state index contributed by atoms with van der Waals surface area (Å²) in [7, 11) is -3.77. The Morgan fingerprint density at radius 1 is 1.07 bits per heavy atom. The van der Waals surface area contributed by atoms with Gasteiger partial charge in [-0.1, -0.05) is 30.7 Å². The Kier molecular flexibility index (Phi) is 5.44. The summed E-state index contributed by atoms with van der Waals surface area (Å²) >= 11 is 9.58. The Morgan fingerprint density at radius 2 is 1.79 bits per heavy atom. The molecule has 1 saturated heterocycles. The molecule has 1 fully saturated rings. The predicted molar refractivity (Wildman–Crippen MR) is 118 cm³/mol. The highest BCUT2D eigenvalue weighted by Crippen LogP contribution is 2.35. The minimum atomic E-state index is -3.77. The molecule has 0 atom stereocenters. The van der Waals surface area contributed by atoms with Crippen molar-refractivity contribution in [3.63, 3.8) is 0 Å². The number of fused-ring (bicyclic) bond motifs is 1. The monoisotopic (exact) mass is 481 g/mol. The van der Waals surface area contributed by atoms with Gasteiger partial charge in [-0.3, -0.25) is 0 Å². The van der Waals surface area contributed by atoms with Gasteiger partial charge in [-0.05, 0) is 52.8 Å². The van der Waals surface area contributed by atoms with Crippen LogP contribution >= 0.6 is 27.5 Å². The standard InChI is InChI=1S/C20H21BrClN3O2S/c1-2-23-9-11-24(12-10-23)19-14-25(18-13-15(22)7-8-16(18)19)28(26,27)20-6-4-3-5-17(20)21/h3-8,13-14H,2,9-12H2,1H3. The van der Waals surface area contributed by atoms with Gasteiger partial charge in [0.2, 0.25) is 0 Å². The first kappa shape index (κ1) is 19.8. The van der Waals surface area contributed by atoms with Crippen LogP contribution < -0.4 is 4.90 Å². The average molecular weight is 483 g/mol. The molecule has 5 nitrogen and oxygen atoms in total. The van der Waals surface area contributed by atoms with Crippen LogP contribution in [0.25, 0.3) is 10.9 Å². The van der Waals surface area contributed by atoms with E-state index in [1.165, 1.54) is 3.97 Å². The van der Waals surface area contributed by atoms with Crippen LogP contribution in [0.15, 0.2) is 58.0 Å². The maximum absolute atomic E-state index is 13.4. The largest absolute Gasteiger partial charge is 0.367 e. The molecule has 2 aromatic carbocycles. The summed E-state index contributed by atoms with van der Waals surface area (Å²) in [6.45, 7) is 6.85. The van der Waals surface area contributed by atoms with Gasteiger partial charge in [0.05, 0.1) is 11.2 Å². The summed E-state index contributed by atoms with van der Waals surface area (Å²) in [5, 5.41) is 1.40. The van der Waals surface area contributed by atoms with Gasteiger partial charge in [-0.2, -0.15) is 0 Å². The van der Waals surface area contributed by atoms with Gasteiger partial charge < -0.3 is 9.80 Å². The van der Waals surface area contributed by atoms with Crippen LogP contribution in [0.2, 0.25) is 5.02 Å². The average Bonchev–Trinajstić information content (AvgIpc) is 3.07. The van der Waals surface area contributed by atoms with E-state index in [2.05, 4.69) is 32.7 Å². The maximum atomic E-state index is 13.4. The fraction of sp³-hybridized carbons (Fsp3) is 0.300. The minimum Gasteiger partial charge on any atom is -0.367 e. The van der Waals surface area contributed by atoms with Gasteiger partial charge in [-0.15, -0.1) is 0 Å². The molecule has 1 aliphatic heterocycles. The molecule has 0 N–H and O–H groups in total. The summed E-state index contributed by atoms with van der Waals surface area (Å²) in [6.07, 6.45) is 1.73. The van der Waals surface area contributed by atoms with E-state index >= 15 is 0 Å². The molecule has 0 spiro atoms. The van der Waals surface area contributed by atoms with E-state index in [1.54, 1.807) is 36.5 Å². The van der Waals surface area contributed by atoms with Gasteiger partial charge in [-0.25, -0.2) is 12.4 Å². The zero-order chi connectivity index (χ0) is 19.9. The molecule has 8 heteroatoms. The third-order valence-electron chi connectivity index (χ3n) is 5.25. The van der Waals surface area contributed by atoms with Gasteiger partial charge in [0.25, 0.3) is 10.0 Å². The second-order valence-electron chi connectivity index (χ2n) is 6.83. The summed E-state index contributed by atoms with van der Waals surface area (Å²) in [5.74, 6) is 0. The zero-order valence-electron chi connectivity index (χ0n) is 15.5. The quantitative estimate of drug-likeness (QED) is 0.552. The molecule has 28 heavy (non-hydrogen) atoms. The van der Waals surface area contributed by atoms with E-state index in [1.807, 2.05) is 12.1 Å². The molecule has 3 aromatic rings. The molecule has 1 aliphatic rings. The van der Waals surface area contributed by atoms with E-state index in [0.29, 0.717) is 15.0 Å². The highest BCUT2D eigenvalue weighted by molar-refractivity contribution is 9.10. The molecule has 0 aliphatic carbocycles. The van der Waals surface area contributed by atoms with E-state index < -0.39 is 10.0 Å². The maximum Gasteiger partial charge on any atom is 0.269 e. The van der Waals surface area contributed by atoms with E-state index in [9.17, 15) is 8.42 Å². The number of likely N-dealkylation sites (N-methyl/N-ethyl adjacent to an activating group) is 1. The molecular formula is C20H21BrClN3O2S. The summed E-state index contributed by atoms with van der Waals surface area (Å²) in [4.78, 5) is 4.88. The van der Waals surface area contributed by atoms with Crippen molar-refractivity contribution in [1.82, 2.24) is 8.87 Å². The summed E-state index contributed by atoms with van der Waals surface area (Å²) in [5.41, 5.74) is 1.52. The highest BCUT2D eigenvalue weighted by atomic mass is 79.9. The molecule has 148 valence electrons. The van der Waals surface area contributed by atoms with Crippen LogP contribution in [0.5, 0.6) is 0 Å². The SMILES string of the molecule is CCN1CCN(c2cn(S(=O)(=O)c3ccccc3Br)c3cc(Cl)ccc23)CC1. The van der Waals surface area contributed by atoms with Crippen LogP contribution in [0.1, 0.15) is 6.92 Å². The smallest absolute Gasteiger partial charge is 0.269 e. The number of rotatable bonds is 4. The van der Waals surface area contributed by atoms with Gasteiger partial charge in [0, 0.05) is 47.3 Å². The Morgan fingerprint density at radius 3 is 2.46 bits per heavy atom. The molecule has 0 bridgehead atoms. The van der Waals surface area contributed by atoms with E-state index in [4.69, 9.17) is 11.6 Å². The van der Waals surface area contributed by atoms with Crippen LogP contribution in [0.3, 0.4) is 0 Å². The second-order valence-corrected chi connectivity index (χ2v) is 9.90. The number of aromatic nitrogens is 1. The first-order chi connectivity index (χ1) is 13.4. The number of halogens is 2. The molecule has 1 aromatic heterocycles. The second kappa shape index (κ2) is 7.71. The molecule has 2 heterocycles. The van der Waals surface area contributed by atoms with Gasteiger partial charge in [0.1, 0.15) is 4.90 Å². The summed E-state index contributed by atoms with van der Waals surface area (Å²) < 4.78 is 28.8. The number of piperazine rings is 1. The lowest BCUT2D eigenvalue weighted by Crippen LogP contribution is -2.46. The fourth-order valence-corrected chi connectivity index (χ4v) is 6.16. The lowest BCUT2D eigenvalue weighted by molar-refractivity contribution is 0.271. The van der Waals surface area contributed by atoms with E-state index in [-0.39, 0.29) is 4.90 Å². The van der Waals surface area contributed by atoms with Crippen LogP contribution in [0.4, 0.5) is 5.69 Å². The normalized spacial score (nSPS) is 16.0. The third-order valence-corrected chi connectivity index (χ3v) is 8.17. The van der Waals surface area contributed by atoms with Crippen molar-refractivity contribution < 1.29 is 8.42 Å². The van der Waals surface area contributed by atoms with Crippen molar-refractivity contribution in [2.24, 2.45) is 0 Å². The number of benzene rings is 2. The molecule has 4 rings (SSSR count). The van der Waals surface area contributed by atoms with Crippen LogP contribution in [0, 0.1) is 0 Å². The number of anilines is 1. The van der Waals surface area contributed by atoms with Crippen LogP contribution in [-0.2, 0) is 10.0 Å². The molecule has 0 saturated carbocycles. The van der Waals surface area contributed by atoms with Crippen LogP contribution in [-0.4, -0.2) is 50.0 Å². The van der Waals surface area contributed by atoms with E-state index in [0.717, 1.165) is 43.8 Å². The first-order valence-corrected chi connectivity index (χ1v) is 11.8. The minimum absolute atomic E-state index is 0.231. The first-order valence-electron chi connectivity index (χ1n) is 9.20. The topological polar surface area (TPSA) is 45.5 Å². The Hall–Kier alpha value is -1.54. The molecular weight excluding hydrogens is 462 g/mol. The molecule has 0 unspecified atom stereocenters. The van der Waals surface area contributed by atoms with Gasteiger partial charge >= 0.3 is 0 Å². The lowest BCUT2D eigenvalue weighted by Gasteiger charge is -2.35. The summed E-state index contributed by atoms with van der Waals surface area (Å²) in [6, 6.07) is 12.3.